The zero-order valence-corrected chi connectivity index (χ0v) is 9.68. The van der Waals surface area contributed by atoms with Crippen molar-refractivity contribution in [1.29, 1.82) is 0 Å². The highest BCUT2D eigenvalue weighted by atomic mass is 79.9. The first-order valence-electron chi connectivity index (χ1n) is 5.10. The van der Waals surface area contributed by atoms with Gasteiger partial charge in [-0.05, 0) is 32.6 Å². The van der Waals surface area contributed by atoms with Gasteiger partial charge in [-0.25, -0.2) is 0 Å². The van der Waals surface area contributed by atoms with Gasteiger partial charge in [-0.3, -0.25) is 0 Å². The second-order valence-corrected chi connectivity index (χ2v) is 4.89. The molecule has 3 atom stereocenters. The zero-order chi connectivity index (χ0) is 9.31. The van der Waals surface area contributed by atoms with Gasteiger partial charge < -0.3 is 9.47 Å². The summed E-state index contributed by atoms with van der Waals surface area (Å²) in [5.41, 5.74) is -0.00502. The van der Waals surface area contributed by atoms with E-state index in [9.17, 15) is 0 Å². The van der Waals surface area contributed by atoms with Crippen molar-refractivity contribution in [3.63, 3.8) is 0 Å². The third-order valence-electron chi connectivity index (χ3n) is 3.18. The monoisotopic (exact) mass is 248 g/mol. The predicted octanol–water partition coefficient (Wildman–Crippen LogP) is 2.50. The van der Waals surface area contributed by atoms with Crippen molar-refractivity contribution >= 4 is 15.9 Å². The summed E-state index contributed by atoms with van der Waals surface area (Å²) in [6, 6.07) is 0. The number of hydrogen-bond acceptors (Lipinski definition) is 2. The highest BCUT2D eigenvalue weighted by molar-refractivity contribution is 9.09. The number of hydrogen-bond donors (Lipinski definition) is 0. The molecule has 3 heteroatoms. The van der Waals surface area contributed by atoms with Crippen LogP contribution in [0.15, 0.2) is 0 Å². The molecule has 0 aromatic carbocycles. The van der Waals surface area contributed by atoms with Crippen molar-refractivity contribution in [2.75, 3.05) is 11.9 Å². The molecule has 2 aliphatic heterocycles. The first-order valence-corrected chi connectivity index (χ1v) is 6.22. The molecule has 0 radical (unpaired) electrons. The fourth-order valence-electron chi connectivity index (χ4n) is 2.35. The molecule has 2 aliphatic rings. The van der Waals surface area contributed by atoms with Gasteiger partial charge in [0.2, 0.25) is 0 Å². The van der Waals surface area contributed by atoms with Crippen molar-refractivity contribution in [3.8, 4) is 0 Å². The largest absolute Gasteiger partial charge is 0.375 e. The van der Waals surface area contributed by atoms with Gasteiger partial charge in [0.05, 0.1) is 17.8 Å². The Morgan fingerprint density at radius 3 is 2.85 bits per heavy atom. The van der Waals surface area contributed by atoms with E-state index in [2.05, 4.69) is 22.9 Å². The number of rotatable bonds is 2. The molecule has 3 unspecified atom stereocenters. The number of halogens is 1. The van der Waals surface area contributed by atoms with Gasteiger partial charge in [-0.2, -0.15) is 0 Å². The van der Waals surface area contributed by atoms with Crippen LogP contribution in [-0.2, 0) is 9.47 Å². The van der Waals surface area contributed by atoms with Crippen molar-refractivity contribution in [2.45, 2.75) is 50.4 Å². The topological polar surface area (TPSA) is 18.5 Å². The molecule has 13 heavy (non-hydrogen) atoms. The smallest absolute Gasteiger partial charge is 0.0920 e. The Morgan fingerprint density at radius 1 is 1.46 bits per heavy atom. The van der Waals surface area contributed by atoms with E-state index in [0.29, 0.717) is 12.2 Å². The molecule has 0 saturated carbocycles. The Balaban J connectivity index is 1.96. The second kappa shape index (κ2) is 3.87. The third kappa shape index (κ3) is 1.92. The zero-order valence-electron chi connectivity index (χ0n) is 8.09. The average Bonchev–Trinajstić information content (AvgIpc) is 2.72. The summed E-state index contributed by atoms with van der Waals surface area (Å²) in [5, 5.41) is 0.954. The van der Waals surface area contributed by atoms with Crippen LogP contribution >= 0.6 is 15.9 Å². The van der Waals surface area contributed by atoms with E-state index in [1.165, 1.54) is 19.3 Å². The molecule has 0 aromatic rings. The lowest BCUT2D eigenvalue weighted by Crippen LogP contribution is -2.39. The summed E-state index contributed by atoms with van der Waals surface area (Å²) in [7, 11) is 0. The molecule has 0 spiro atoms. The van der Waals surface area contributed by atoms with E-state index >= 15 is 0 Å². The minimum atomic E-state index is -0.00502. The Labute approximate surface area is 88.1 Å². The predicted molar refractivity (Wildman–Crippen MR) is 55.3 cm³/mol. The van der Waals surface area contributed by atoms with Crippen LogP contribution in [0.1, 0.15) is 32.6 Å². The van der Waals surface area contributed by atoms with E-state index in [1.54, 1.807) is 0 Å². The molecule has 0 aromatic heterocycles. The van der Waals surface area contributed by atoms with Crippen LogP contribution < -0.4 is 0 Å². The Kier molecular flexibility index (Phi) is 2.96. The molecule has 2 fully saturated rings. The maximum Gasteiger partial charge on any atom is 0.0920 e. The van der Waals surface area contributed by atoms with Crippen LogP contribution in [0, 0.1) is 0 Å². The van der Waals surface area contributed by atoms with Gasteiger partial charge in [0, 0.05) is 11.9 Å². The molecule has 2 heterocycles. The summed E-state index contributed by atoms with van der Waals surface area (Å²) in [4.78, 5) is 0. The first-order chi connectivity index (χ1) is 6.24. The van der Waals surface area contributed by atoms with Crippen molar-refractivity contribution in [2.24, 2.45) is 0 Å². The maximum atomic E-state index is 6.01. The van der Waals surface area contributed by atoms with E-state index in [0.717, 1.165) is 18.4 Å². The van der Waals surface area contributed by atoms with Gasteiger partial charge in [-0.15, -0.1) is 0 Å². The lowest BCUT2D eigenvalue weighted by atomic mass is 9.93. The summed E-state index contributed by atoms with van der Waals surface area (Å²) in [5.74, 6) is 0. The molecule has 2 nitrogen and oxygen atoms in total. The summed E-state index contributed by atoms with van der Waals surface area (Å²) < 4.78 is 11.7. The molecule has 0 amide bonds. The van der Waals surface area contributed by atoms with Crippen LogP contribution in [0.2, 0.25) is 0 Å². The van der Waals surface area contributed by atoms with E-state index in [1.807, 2.05) is 0 Å². The summed E-state index contributed by atoms with van der Waals surface area (Å²) in [6.07, 6.45) is 5.43. The Bertz CT molecular complexity index is 180. The normalized spacial score (nSPS) is 45.7. The van der Waals surface area contributed by atoms with Gasteiger partial charge in [-0.1, -0.05) is 15.9 Å². The Hall–Kier alpha value is 0.400. The SMILES string of the molecule is CC1(C2CCCO2)CCC(CBr)O1. The van der Waals surface area contributed by atoms with E-state index in [4.69, 9.17) is 9.47 Å². The fraction of sp³-hybridized carbons (Fsp3) is 1.00. The molecule has 2 rings (SSSR count). The number of ether oxygens (including phenoxy) is 2. The van der Waals surface area contributed by atoms with Crippen LogP contribution in [0.4, 0.5) is 0 Å². The molecule has 76 valence electrons. The lowest BCUT2D eigenvalue weighted by molar-refractivity contribution is -0.105. The first kappa shape index (κ1) is 9.94. The highest BCUT2D eigenvalue weighted by Gasteiger charge is 2.43. The van der Waals surface area contributed by atoms with Gasteiger partial charge in [0.15, 0.2) is 0 Å². The molecule has 2 saturated heterocycles. The van der Waals surface area contributed by atoms with Crippen LogP contribution in [0.25, 0.3) is 0 Å². The molecule has 0 N–H and O–H groups in total. The fourth-order valence-corrected chi connectivity index (χ4v) is 2.81. The quantitative estimate of drug-likeness (QED) is 0.700. The van der Waals surface area contributed by atoms with Crippen molar-refractivity contribution in [1.82, 2.24) is 0 Å². The second-order valence-electron chi connectivity index (χ2n) is 4.25. The van der Waals surface area contributed by atoms with Crippen LogP contribution in [0.3, 0.4) is 0 Å². The van der Waals surface area contributed by atoms with Gasteiger partial charge >= 0.3 is 0 Å². The van der Waals surface area contributed by atoms with Crippen LogP contribution in [-0.4, -0.2) is 29.7 Å². The molecular weight excluding hydrogens is 232 g/mol. The van der Waals surface area contributed by atoms with Crippen molar-refractivity contribution in [3.05, 3.63) is 0 Å². The van der Waals surface area contributed by atoms with Crippen LogP contribution in [0.5, 0.6) is 0 Å². The standard InChI is InChI=1S/C10H17BrO2/c1-10(9-3-2-6-12-9)5-4-8(7-11)13-10/h8-9H,2-7H2,1H3. The van der Waals surface area contributed by atoms with Crippen molar-refractivity contribution < 1.29 is 9.47 Å². The summed E-state index contributed by atoms with van der Waals surface area (Å²) >= 11 is 3.47. The van der Waals surface area contributed by atoms with Gasteiger partial charge in [0.1, 0.15) is 0 Å². The molecular formula is C10H17BrO2. The minimum Gasteiger partial charge on any atom is -0.375 e. The lowest BCUT2D eigenvalue weighted by Gasteiger charge is -2.30. The highest BCUT2D eigenvalue weighted by Crippen LogP contribution is 2.38. The maximum absolute atomic E-state index is 6.01. The third-order valence-corrected chi connectivity index (χ3v) is 3.90. The average molecular weight is 249 g/mol. The van der Waals surface area contributed by atoms with Gasteiger partial charge in [0.25, 0.3) is 0 Å². The van der Waals surface area contributed by atoms with E-state index < -0.39 is 0 Å². The molecule has 0 bridgehead atoms. The number of alkyl halides is 1. The minimum absolute atomic E-state index is 0.00502. The molecule has 0 aliphatic carbocycles. The summed E-state index contributed by atoms with van der Waals surface area (Å²) in [6.45, 7) is 3.12. The Morgan fingerprint density at radius 2 is 2.31 bits per heavy atom. The van der Waals surface area contributed by atoms with E-state index in [-0.39, 0.29) is 5.60 Å².